The molecule has 0 radical (unpaired) electrons. The quantitative estimate of drug-likeness (QED) is 0.783. The Bertz CT molecular complexity index is 701. The first-order chi connectivity index (χ1) is 9.40. The number of rotatable bonds is 5. The van der Waals surface area contributed by atoms with Crippen LogP contribution in [-0.2, 0) is 16.4 Å². The average molecular weight is 300 g/mol. The van der Waals surface area contributed by atoms with E-state index < -0.39 is 15.8 Å². The van der Waals surface area contributed by atoms with Crippen LogP contribution in [-0.4, -0.2) is 25.1 Å². The summed E-state index contributed by atoms with van der Waals surface area (Å²) in [5.74, 6) is -0.324. The van der Waals surface area contributed by atoms with Gasteiger partial charge in [0.25, 0.3) is 0 Å². The molecular formula is C11H13FN4O3S. The highest BCUT2D eigenvalue weighted by molar-refractivity contribution is 7.89. The summed E-state index contributed by atoms with van der Waals surface area (Å²) in [5.41, 5.74) is 5.46. The van der Waals surface area contributed by atoms with Crippen molar-refractivity contribution in [2.75, 3.05) is 12.3 Å². The molecule has 0 atom stereocenters. The number of aryl methyl sites for hydroxylation is 1. The molecule has 0 fully saturated rings. The van der Waals surface area contributed by atoms with Crippen molar-refractivity contribution in [2.45, 2.75) is 18.2 Å². The molecule has 7 nitrogen and oxygen atoms in total. The van der Waals surface area contributed by atoms with Gasteiger partial charge in [-0.2, -0.15) is 4.98 Å². The van der Waals surface area contributed by atoms with Gasteiger partial charge in [-0.15, -0.1) is 0 Å². The number of halogens is 1. The van der Waals surface area contributed by atoms with Gasteiger partial charge in [0, 0.05) is 13.0 Å². The van der Waals surface area contributed by atoms with E-state index in [-0.39, 0.29) is 29.1 Å². The minimum atomic E-state index is -3.77. The second-order valence-corrected chi connectivity index (χ2v) is 5.86. The molecule has 0 aliphatic heterocycles. The van der Waals surface area contributed by atoms with E-state index in [0.29, 0.717) is 5.89 Å². The normalized spacial score (nSPS) is 11.7. The fourth-order valence-corrected chi connectivity index (χ4v) is 2.93. The van der Waals surface area contributed by atoms with Crippen molar-refractivity contribution in [1.82, 2.24) is 14.9 Å². The summed E-state index contributed by atoms with van der Waals surface area (Å²) in [6.45, 7) is 1.58. The van der Waals surface area contributed by atoms with Crippen molar-refractivity contribution in [3.8, 4) is 0 Å². The lowest BCUT2D eigenvalue weighted by atomic mass is 10.2. The van der Waals surface area contributed by atoms with Crippen LogP contribution in [0.2, 0.25) is 0 Å². The van der Waals surface area contributed by atoms with Crippen LogP contribution in [0.1, 0.15) is 11.5 Å². The number of nitrogen functional groups attached to an aromatic ring is 1. The minimum Gasteiger partial charge on any atom is -0.396 e. The van der Waals surface area contributed by atoms with Gasteiger partial charge in [0.15, 0.2) is 6.33 Å². The number of nitrogens with one attached hydrogen (secondary N) is 1. The number of nitrogens with zero attached hydrogens (tertiary/aromatic N) is 2. The number of anilines is 1. The Morgan fingerprint density at radius 1 is 1.45 bits per heavy atom. The van der Waals surface area contributed by atoms with E-state index in [2.05, 4.69) is 14.9 Å². The lowest BCUT2D eigenvalue weighted by Gasteiger charge is -2.10. The maximum absolute atomic E-state index is 13.2. The zero-order valence-corrected chi connectivity index (χ0v) is 11.4. The largest absolute Gasteiger partial charge is 0.396 e. The van der Waals surface area contributed by atoms with Crippen LogP contribution in [0.15, 0.2) is 27.9 Å². The molecule has 3 N–H and O–H groups in total. The molecule has 0 bridgehead atoms. The molecule has 20 heavy (non-hydrogen) atoms. The highest BCUT2D eigenvalue weighted by Gasteiger charge is 2.18. The maximum Gasteiger partial charge on any atom is 0.240 e. The van der Waals surface area contributed by atoms with Gasteiger partial charge < -0.3 is 10.3 Å². The smallest absolute Gasteiger partial charge is 0.240 e. The van der Waals surface area contributed by atoms with Crippen LogP contribution in [0.3, 0.4) is 0 Å². The molecule has 1 heterocycles. The Morgan fingerprint density at radius 2 is 2.20 bits per heavy atom. The molecule has 0 spiro atoms. The lowest BCUT2D eigenvalue weighted by molar-refractivity contribution is 0.377. The third kappa shape index (κ3) is 3.11. The van der Waals surface area contributed by atoms with E-state index in [0.717, 1.165) is 12.1 Å². The first-order valence-electron chi connectivity index (χ1n) is 5.71. The molecule has 1 aromatic heterocycles. The minimum absolute atomic E-state index is 0.0538. The van der Waals surface area contributed by atoms with Gasteiger partial charge >= 0.3 is 0 Å². The van der Waals surface area contributed by atoms with Crippen LogP contribution in [0.5, 0.6) is 0 Å². The second kappa shape index (κ2) is 5.55. The fourth-order valence-electron chi connectivity index (χ4n) is 1.63. The van der Waals surface area contributed by atoms with E-state index in [1.807, 2.05) is 0 Å². The van der Waals surface area contributed by atoms with Crippen molar-refractivity contribution < 1.29 is 17.3 Å². The van der Waals surface area contributed by atoms with Crippen LogP contribution in [0, 0.1) is 12.7 Å². The summed E-state index contributed by atoms with van der Waals surface area (Å²) < 4.78 is 44.5. The monoisotopic (exact) mass is 300 g/mol. The van der Waals surface area contributed by atoms with Crippen molar-refractivity contribution in [2.24, 2.45) is 0 Å². The van der Waals surface area contributed by atoms with Crippen LogP contribution in [0.4, 0.5) is 10.1 Å². The first-order valence-corrected chi connectivity index (χ1v) is 7.19. The van der Waals surface area contributed by atoms with E-state index in [1.165, 1.54) is 13.3 Å². The zero-order chi connectivity index (χ0) is 14.8. The summed E-state index contributed by atoms with van der Waals surface area (Å²) in [6.07, 6.45) is 1.49. The molecule has 9 heteroatoms. The van der Waals surface area contributed by atoms with E-state index in [9.17, 15) is 12.8 Å². The number of nitrogens with two attached hydrogens (primary N) is 1. The molecule has 2 rings (SSSR count). The molecule has 0 amide bonds. The van der Waals surface area contributed by atoms with Crippen molar-refractivity contribution in [1.29, 1.82) is 0 Å². The van der Waals surface area contributed by atoms with Crippen molar-refractivity contribution >= 4 is 15.7 Å². The molecule has 0 saturated heterocycles. The standard InChI is InChI=1S/C11H13FN4O3S/c1-7-4-8(12)9(13)5-10(7)20(17,18)16-3-2-11-14-6-15-19-11/h4-6,16H,2-3,13H2,1H3. The van der Waals surface area contributed by atoms with Crippen molar-refractivity contribution in [3.05, 3.63) is 35.7 Å². The van der Waals surface area contributed by atoms with Gasteiger partial charge in [0.05, 0.1) is 10.6 Å². The Morgan fingerprint density at radius 3 is 2.85 bits per heavy atom. The predicted octanol–water partition coefficient (Wildman–Crippen LogP) is 0.620. The lowest BCUT2D eigenvalue weighted by Crippen LogP contribution is -2.27. The summed E-state index contributed by atoms with van der Waals surface area (Å²) in [5, 5.41) is 3.41. The number of sulfonamides is 1. The fraction of sp³-hybridized carbons (Fsp3) is 0.273. The molecule has 108 valence electrons. The van der Waals surface area contributed by atoms with Crippen LogP contribution >= 0.6 is 0 Å². The van der Waals surface area contributed by atoms with E-state index >= 15 is 0 Å². The van der Waals surface area contributed by atoms with Gasteiger partial charge in [-0.05, 0) is 24.6 Å². The molecule has 1 aromatic carbocycles. The van der Waals surface area contributed by atoms with Gasteiger partial charge in [0.2, 0.25) is 15.9 Å². The number of benzene rings is 1. The van der Waals surface area contributed by atoms with E-state index in [4.69, 9.17) is 10.3 Å². The van der Waals surface area contributed by atoms with Gasteiger partial charge in [0.1, 0.15) is 5.82 Å². The number of aromatic nitrogens is 2. The summed E-state index contributed by atoms with van der Waals surface area (Å²) in [7, 11) is -3.77. The SMILES string of the molecule is Cc1cc(F)c(N)cc1S(=O)(=O)NCCc1ncno1. The molecule has 0 aliphatic rings. The van der Waals surface area contributed by atoms with Gasteiger partial charge in [-0.25, -0.2) is 17.5 Å². The predicted molar refractivity (Wildman–Crippen MR) is 68.7 cm³/mol. The van der Waals surface area contributed by atoms with Gasteiger partial charge in [-0.1, -0.05) is 5.16 Å². The Hall–Kier alpha value is -2.00. The molecule has 0 saturated carbocycles. The molecule has 2 aromatic rings. The Balaban J connectivity index is 2.12. The third-order valence-electron chi connectivity index (χ3n) is 2.62. The summed E-state index contributed by atoms with van der Waals surface area (Å²) in [4.78, 5) is 3.72. The molecule has 0 unspecified atom stereocenters. The third-order valence-corrected chi connectivity index (χ3v) is 4.22. The highest BCUT2D eigenvalue weighted by atomic mass is 32.2. The number of hydrogen-bond donors (Lipinski definition) is 2. The number of hydrogen-bond acceptors (Lipinski definition) is 6. The van der Waals surface area contributed by atoms with Crippen LogP contribution < -0.4 is 10.5 Å². The topological polar surface area (TPSA) is 111 Å². The summed E-state index contributed by atoms with van der Waals surface area (Å²) >= 11 is 0. The maximum atomic E-state index is 13.2. The second-order valence-electron chi connectivity index (χ2n) is 4.12. The first kappa shape index (κ1) is 14.4. The van der Waals surface area contributed by atoms with Crippen LogP contribution in [0.25, 0.3) is 0 Å². The Labute approximate surface area is 115 Å². The molecule has 0 aliphatic carbocycles. The highest BCUT2D eigenvalue weighted by Crippen LogP contribution is 2.21. The van der Waals surface area contributed by atoms with Crippen molar-refractivity contribution in [3.63, 3.8) is 0 Å². The zero-order valence-electron chi connectivity index (χ0n) is 10.6. The average Bonchev–Trinajstić information content (AvgIpc) is 2.86. The van der Waals surface area contributed by atoms with Gasteiger partial charge in [-0.3, -0.25) is 0 Å². The summed E-state index contributed by atoms with van der Waals surface area (Å²) in [6, 6.07) is 2.18. The van der Waals surface area contributed by atoms with E-state index in [1.54, 1.807) is 0 Å². The Kier molecular flexibility index (Phi) is 4.00. The molecular weight excluding hydrogens is 287 g/mol.